The molecule has 1 rings (SSSR count). The molecule has 0 amide bonds. The second kappa shape index (κ2) is 16.3. The summed E-state index contributed by atoms with van der Waals surface area (Å²) < 4.78 is 30.4. The molecule has 1 aromatic rings. The van der Waals surface area contributed by atoms with Crippen molar-refractivity contribution in [3.63, 3.8) is 0 Å². The summed E-state index contributed by atoms with van der Waals surface area (Å²) in [6, 6.07) is 2.69. The maximum Gasteiger partial charge on any atom is 0.513 e. The lowest BCUT2D eigenvalue weighted by molar-refractivity contribution is -0.139. The van der Waals surface area contributed by atoms with Crippen LogP contribution >= 0.6 is 0 Å². The summed E-state index contributed by atoms with van der Waals surface area (Å²) in [5.74, 6) is -2.44. The van der Waals surface area contributed by atoms with Crippen molar-refractivity contribution in [2.24, 2.45) is 11.7 Å². The van der Waals surface area contributed by atoms with E-state index >= 15 is 0 Å². The Balaban J connectivity index is 3.23. The summed E-state index contributed by atoms with van der Waals surface area (Å²) in [7, 11) is 0. The van der Waals surface area contributed by atoms with Gasteiger partial charge in [0.2, 0.25) is 0 Å². The van der Waals surface area contributed by atoms with E-state index in [2.05, 4.69) is 0 Å². The highest BCUT2D eigenvalue weighted by molar-refractivity contribution is 5.75. The molecule has 12 nitrogen and oxygen atoms in total. The maximum absolute atomic E-state index is 12.1. The molecular weight excluding hydrogens is 490 g/mol. The molecule has 0 aliphatic carbocycles. The minimum absolute atomic E-state index is 0.00269. The number of carbonyl (C=O) groups excluding carboxylic acids is 3. The van der Waals surface area contributed by atoms with Gasteiger partial charge in [-0.05, 0) is 49.8 Å². The molecule has 3 N–H and O–H groups in total. The zero-order valence-corrected chi connectivity index (χ0v) is 21.9. The molecule has 0 heterocycles. The molecule has 0 aliphatic heterocycles. The van der Waals surface area contributed by atoms with Crippen LogP contribution in [0.1, 0.15) is 65.4 Å². The Labute approximate surface area is 216 Å². The van der Waals surface area contributed by atoms with Gasteiger partial charge < -0.3 is 39.3 Å². The van der Waals surface area contributed by atoms with Gasteiger partial charge in [0.1, 0.15) is 12.1 Å². The number of ether oxygens (including phenoxy) is 6. The molecule has 0 fully saturated rings. The molecule has 0 saturated carbocycles. The molecule has 12 heteroatoms. The van der Waals surface area contributed by atoms with Crippen LogP contribution in [0.25, 0.3) is 0 Å². The van der Waals surface area contributed by atoms with Crippen molar-refractivity contribution < 1.29 is 52.7 Å². The number of nitrogens with two attached hydrogens (primary N) is 1. The molecule has 0 aliphatic rings. The fourth-order valence-corrected chi connectivity index (χ4v) is 3.03. The fourth-order valence-electron chi connectivity index (χ4n) is 3.03. The molecule has 0 spiro atoms. The molecule has 208 valence electrons. The third-order valence-electron chi connectivity index (χ3n) is 4.77. The van der Waals surface area contributed by atoms with Crippen molar-refractivity contribution in [3.05, 3.63) is 23.8 Å². The first-order valence-electron chi connectivity index (χ1n) is 12.1. The third kappa shape index (κ3) is 11.8. The van der Waals surface area contributed by atoms with Gasteiger partial charge in [-0.15, -0.1) is 0 Å². The van der Waals surface area contributed by atoms with E-state index in [-0.39, 0.29) is 43.7 Å². The molecule has 37 heavy (non-hydrogen) atoms. The van der Waals surface area contributed by atoms with Gasteiger partial charge in [-0.3, -0.25) is 4.79 Å². The zero-order valence-electron chi connectivity index (χ0n) is 21.9. The Bertz CT molecular complexity index is 903. The molecule has 0 radical (unpaired) electrons. The highest BCUT2D eigenvalue weighted by Gasteiger charge is 2.30. The Morgan fingerprint density at radius 2 is 1.43 bits per heavy atom. The van der Waals surface area contributed by atoms with Crippen molar-refractivity contribution in [3.8, 4) is 11.5 Å². The van der Waals surface area contributed by atoms with E-state index in [0.29, 0.717) is 18.4 Å². The molecule has 1 aromatic carbocycles. The standard InChI is InChI=1S/C25H37NO11/c1-6-10-32-23(29)36-19-9-8-17(13-20(19)37-24(30)33-11-7-2)18(21(26)22(27)28)12-16(5)35-25(31)34-14-15(3)4/h8-9,13,15-16,18,21H,6-7,10-12,14,26H2,1-5H3,(H,27,28)/t16?,18?,21-/m0/s1. The van der Waals surface area contributed by atoms with Gasteiger partial charge in [-0.25, -0.2) is 14.4 Å². The topological polar surface area (TPSA) is 170 Å². The fraction of sp³-hybridized carbons (Fsp3) is 0.600. The van der Waals surface area contributed by atoms with Crippen molar-refractivity contribution in [1.29, 1.82) is 0 Å². The smallest absolute Gasteiger partial charge is 0.480 e. The van der Waals surface area contributed by atoms with E-state index in [9.17, 15) is 24.3 Å². The van der Waals surface area contributed by atoms with Gasteiger partial charge in [-0.2, -0.15) is 0 Å². The lowest BCUT2D eigenvalue weighted by Crippen LogP contribution is -2.38. The van der Waals surface area contributed by atoms with Crippen LogP contribution in [0.4, 0.5) is 14.4 Å². The lowest BCUT2D eigenvalue weighted by Gasteiger charge is -2.25. The minimum Gasteiger partial charge on any atom is -0.480 e. The number of hydrogen-bond donors (Lipinski definition) is 2. The Morgan fingerprint density at radius 1 is 0.865 bits per heavy atom. The average Bonchev–Trinajstić information content (AvgIpc) is 2.84. The quantitative estimate of drug-likeness (QED) is 0.196. The Kier molecular flexibility index (Phi) is 13.8. The van der Waals surface area contributed by atoms with E-state index in [1.54, 1.807) is 20.8 Å². The Morgan fingerprint density at radius 3 is 1.95 bits per heavy atom. The third-order valence-corrected chi connectivity index (χ3v) is 4.77. The van der Waals surface area contributed by atoms with Crippen LogP contribution in [0.2, 0.25) is 0 Å². The maximum atomic E-state index is 12.1. The lowest BCUT2D eigenvalue weighted by atomic mass is 9.87. The van der Waals surface area contributed by atoms with Crippen LogP contribution in [-0.2, 0) is 23.7 Å². The van der Waals surface area contributed by atoms with Crippen LogP contribution in [0.15, 0.2) is 18.2 Å². The van der Waals surface area contributed by atoms with Crippen molar-refractivity contribution >= 4 is 24.4 Å². The van der Waals surface area contributed by atoms with Crippen LogP contribution in [0.3, 0.4) is 0 Å². The summed E-state index contributed by atoms with van der Waals surface area (Å²) in [6.07, 6.45) is -2.59. The average molecular weight is 528 g/mol. The molecular formula is C25H37NO11. The predicted octanol–water partition coefficient (Wildman–Crippen LogP) is 4.62. The largest absolute Gasteiger partial charge is 0.513 e. The van der Waals surface area contributed by atoms with Gasteiger partial charge in [0.25, 0.3) is 0 Å². The zero-order chi connectivity index (χ0) is 28.0. The van der Waals surface area contributed by atoms with E-state index in [1.165, 1.54) is 18.2 Å². The van der Waals surface area contributed by atoms with Gasteiger partial charge in [0.15, 0.2) is 11.5 Å². The molecule has 0 bridgehead atoms. The predicted molar refractivity (Wildman–Crippen MR) is 131 cm³/mol. The number of hydrogen-bond acceptors (Lipinski definition) is 11. The summed E-state index contributed by atoms with van der Waals surface area (Å²) in [6.45, 7) is 9.30. The first-order chi connectivity index (χ1) is 17.5. The van der Waals surface area contributed by atoms with Crippen molar-refractivity contribution in [2.45, 2.75) is 71.9 Å². The summed E-state index contributed by atoms with van der Waals surface area (Å²) in [5, 5.41) is 9.57. The van der Waals surface area contributed by atoms with Crippen LogP contribution in [-0.4, -0.2) is 61.5 Å². The van der Waals surface area contributed by atoms with E-state index in [4.69, 9.17) is 34.2 Å². The Hall–Kier alpha value is -3.54. The van der Waals surface area contributed by atoms with Crippen LogP contribution in [0.5, 0.6) is 11.5 Å². The summed E-state index contributed by atoms with van der Waals surface area (Å²) in [4.78, 5) is 47.8. The molecule has 2 unspecified atom stereocenters. The molecule has 0 aromatic heterocycles. The first kappa shape index (κ1) is 31.5. The number of carboxylic acid groups (broad SMARTS) is 1. The number of aliphatic carboxylic acids is 1. The van der Waals surface area contributed by atoms with Gasteiger partial charge >= 0.3 is 24.4 Å². The number of carboxylic acids is 1. The van der Waals surface area contributed by atoms with Gasteiger partial charge in [0.05, 0.1) is 19.8 Å². The van der Waals surface area contributed by atoms with Crippen LogP contribution < -0.4 is 15.2 Å². The minimum atomic E-state index is -1.40. The second-order valence-electron chi connectivity index (χ2n) is 8.70. The van der Waals surface area contributed by atoms with Crippen molar-refractivity contribution in [2.75, 3.05) is 19.8 Å². The molecule has 0 saturated heterocycles. The summed E-state index contributed by atoms with van der Waals surface area (Å²) >= 11 is 0. The number of benzene rings is 1. The van der Waals surface area contributed by atoms with Crippen molar-refractivity contribution in [1.82, 2.24) is 0 Å². The molecule has 3 atom stereocenters. The highest BCUT2D eigenvalue weighted by atomic mass is 16.7. The number of rotatable bonds is 14. The van der Waals surface area contributed by atoms with Gasteiger partial charge in [-0.1, -0.05) is 33.8 Å². The van der Waals surface area contributed by atoms with E-state index in [0.717, 1.165) is 0 Å². The normalized spacial score (nSPS) is 13.2. The first-order valence-corrected chi connectivity index (χ1v) is 12.1. The monoisotopic (exact) mass is 527 g/mol. The summed E-state index contributed by atoms with van der Waals surface area (Å²) in [5.41, 5.74) is 6.28. The SMILES string of the molecule is CCCOC(=O)Oc1ccc(C(CC(C)OC(=O)OCC(C)C)[C@H](N)C(=O)O)cc1OC(=O)OCCC. The van der Waals surface area contributed by atoms with E-state index in [1.807, 2.05) is 13.8 Å². The second-order valence-corrected chi connectivity index (χ2v) is 8.70. The number of carbonyl (C=O) groups is 4. The van der Waals surface area contributed by atoms with E-state index < -0.39 is 42.5 Å². The van der Waals surface area contributed by atoms with Crippen LogP contribution in [0, 0.1) is 5.92 Å². The highest BCUT2D eigenvalue weighted by Crippen LogP contribution is 2.35. The van der Waals surface area contributed by atoms with Gasteiger partial charge in [0, 0.05) is 5.92 Å².